The fraction of sp³-hybridized carbons (Fsp3) is 0.455. The molecular formula is C11H16F2N4O2. The Kier molecular flexibility index (Phi) is 5.58. The van der Waals surface area contributed by atoms with E-state index >= 15 is 0 Å². The molecule has 1 aromatic rings. The van der Waals surface area contributed by atoms with Gasteiger partial charge in [-0.3, -0.25) is 4.79 Å². The van der Waals surface area contributed by atoms with Gasteiger partial charge in [0.15, 0.2) is 0 Å². The number of rotatable bonds is 6. The number of carbonyl (C=O) groups excluding carboxylic acids is 1. The molecule has 1 heterocycles. The molecule has 0 saturated carbocycles. The van der Waals surface area contributed by atoms with Crippen molar-refractivity contribution in [3.63, 3.8) is 0 Å². The van der Waals surface area contributed by atoms with Crippen molar-refractivity contribution in [2.24, 2.45) is 5.84 Å². The van der Waals surface area contributed by atoms with Gasteiger partial charge in [-0.25, -0.2) is 19.6 Å². The van der Waals surface area contributed by atoms with E-state index in [-0.39, 0.29) is 24.5 Å². The van der Waals surface area contributed by atoms with Gasteiger partial charge in [-0.2, -0.15) is 0 Å². The first-order valence-corrected chi connectivity index (χ1v) is 5.61. The van der Waals surface area contributed by atoms with Crippen molar-refractivity contribution in [2.45, 2.75) is 13.3 Å². The highest BCUT2D eigenvalue weighted by Gasteiger charge is 2.20. The molecule has 19 heavy (non-hydrogen) atoms. The lowest BCUT2D eigenvalue weighted by molar-refractivity contribution is 0.0509. The topological polar surface area (TPSA) is 91.5 Å². The van der Waals surface area contributed by atoms with Gasteiger partial charge < -0.3 is 15.4 Å². The third kappa shape index (κ3) is 4.42. The first-order valence-electron chi connectivity index (χ1n) is 5.61. The van der Waals surface area contributed by atoms with Crippen molar-refractivity contribution in [3.8, 4) is 0 Å². The zero-order valence-electron chi connectivity index (χ0n) is 10.4. The molecule has 0 fully saturated rings. The molecule has 0 aliphatic rings. The quantitative estimate of drug-likeness (QED) is 0.515. The van der Waals surface area contributed by atoms with Gasteiger partial charge in [-0.15, -0.1) is 0 Å². The minimum Gasteiger partial charge on any atom is -0.395 e. The van der Waals surface area contributed by atoms with Crippen LogP contribution in [0.5, 0.6) is 0 Å². The smallest absolute Gasteiger partial charge is 0.255 e. The van der Waals surface area contributed by atoms with Crippen LogP contribution < -0.4 is 11.3 Å². The van der Waals surface area contributed by atoms with E-state index in [4.69, 9.17) is 10.9 Å². The van der Waals surface area contributed by atoms with E-state index < -0.39 is 18.9 Å². The van der Waals surface area contributed by atoms with E-state index in [9.17, 15) is 13.6 Å². The summed E-state index contributed by atoms with van der Waals surface area (Å²) in [6.45, 7) is 0.383. The second kappa shape index (κ2) is 6.95. The number of alkyl halides is 2. The number of aliphatic hydroxyl groups excluding tert-OH is 1. The third-order valence-electron chi connectivity index (χ3n) is 2.36. The second-order valence-electron chi connectivity index (χ2n) is 3.89. The predicted molar refractivity (Wildman–Crippen MR) is 65.8 cm³/mol. The number of aliphatic hydroxyl groups is 1. The number of nitrogen functional groups attached to an aromatic ring is 1. The Balaban J connectivity index is 2.98. The number of amides is 1. The minimum atomic E-state index is -2.66. The fourth-order valence-corrected chi connectivity index (χ4v) is 1.61. The van der Waals surface area contributed by atoms with Crippen LogP contribution in [0.15, 0.2) is 12.1 Å². The Morgan fingerprint density at radius 1 is 1.58 bits per heavy atom. The van der Waals surface area contributed by atoms with E-state index in [1.165, 1.54) is 12.1 Å². The summed E-state index contributed by atoms with van der Waals surface area (Å²) in [5.41, 5.74) is 3.01. The van der Waals surface area contributed by atoms with Crippen molar-refractivity contribution >= 4 is 11.7 Å². The normalized spacial score (nSPS) is 10.6. The number of pyridine rings is 1. The van der Waals surface area contributed by atoms with Crippen LogP contribution in [0.3, 0.4) is 0 Å². The summed E-state index contributed by atoms with van der Waals surface area (Å²) in [5.74, 6) is 4.87. The molecular weight excluding hydrogens is 258 g/mol. The van der Waals surface area contributed by atoms with E-state index in [0.717, 1.165) is 4.90 Å². The highest BCUT2D eigenvalue weighted by atomic mass is 19.3. The number of hydrogen-bond acceptors (Lipinski definition) is 5. The molecule has 0 aliphatic heterocycles. The number of hydrazine groups is 1. The van der Waals surface area contributed by atoms with Crippen LogP contribution in [0.4, 0.5) is 14.6 Å². The Bertz CT molecular complexity index is 443. The number of aryl methyl sites for hydroxylation is 1. The maximum Gasteiger partial charge on any atom is 0.255 e. The molecule has 1 rings (SSSR count). The monoisotopic (exact) mass is 274 g/mol. The van der Waals surface area contributed by atoms with Crippen LogP contribution in [0.2, 0.25) is 0 Å². The number of halogens is 2. The van der Waals surface area contributed by atoms with Crippen LogP contribution >= 0.6 is 0 Å². The van der Waals surface area contributed by atoms with Crippen LogP contribution in [-0.2, 0) is 0 Å². The van der Waals surface area contributed by atoms with Gasteiger partial charge in [0, 0.05) is 17.8 Å². The summed E-state index contributed by atoms with van der Waals surface area (Å²) in [6.07, 6.45) is -2.66. The Labute approximate surface area is 109 Å². The van der Waals surface area contributed by atoms with E-state index in [1.807, 2.05) is 0 Å². The average molecular weight is 274 g/mol. The Morgan fingerprint density at radius 3 is 2.79 bits per heavy atom. The van der Waals surface area contributed by atoms with Gasteiger partial charge in [0.05, 0.1) is 13.2 Å². The molecule has 1 amide bonds. The van der Waals surface area contributed by atoms with Gasteiger partial charge >= 0.3 is 0 Å². The number of nitrogens with two attached hydrogens (primary N) is 1. The number of nitrogens with one attached hydrogen (secondary N) is 1. The van der Waals surface area contributed by atoms with Crippen LogP contribution in [0.1, 0.15) is 16.1 Å². The van der Waals surface area contributed by atoms with Crippen molar-refractivity contribution in [1.82, 2.24) is 9.88 Å². The summed E-state index contributed by atoms with van der Waals surface area (Å²) in [4.78, 5) is 17.0. The number of aromatic nitrogens is 1. The van der Waals surface area contributed by atoms with E-state index in [0.29, 0.717) is 5.69 Å². The fourth-order valence-electron chi connectivity index (χ4n) is 1.61. The maximum atomic E-state index is 12.4. The van der Waals surface area contributed by atoms with Gasteiger partial charge in [-0.05, 0) is 19.1 Å². The van der Waals surface area contributed by atoms with E-state index in [1.54, 1.807) is 6.92 Å². The molecule has 6 nitrogen and oxygen atoms in total. The van der Waals surface area contributed by atoms with Gasteiger partial charge in [0.1, 0.15) is 5.82 Å². The van der Waals surface area contributed by atoms with Crippen LogP contribution in [-0.4, -0.2) is 47.0 Å². The molecule has 0 bridgehead atoms. The van der Waals surface area contributed by atoms with Gasteiger partial charge in [0.2, 0.25) is 0 Å². The average Bonchev–Trinajstić information content (AvgIpc) is 2.36. The molecule has 106 valence electrons. The maximum absolute atomic E-state index is 12.4. The molecule has 0 aliphatic carbocycles. The second-order valence-corrected chi connectivity index (χ2v) is 3.89. The lowest BCUT2D eigenvalue weighted by atomic mass is 10.2. The standard InChI is InChI=1S/C11H16F2N4O2/c1-7-4-8(5-10(15-7)16-14)11(19)17(2-3-18)6-9(12)13/h4-5,9,18H,2-3,6,14H2,1H3,(H,15,16). The zero-order valence-corrected chi connectivity index (χ0v) is 10.4. The van der Waals surface area contributed by atoms with Crippen molar-refractivity contribution in [1.29, 1.82) is 0 Å². The molecule has 0 atom stereocenters. The molecule has 0 aromatic carbocycles. The first kappa shape index (κ1) is 15.3. The molecule has 8 heteroatoms. The summed E-state index contributed by atoms with van der Waals surface area (Å²) in [6, 6.07) is 2.84. The molecule has 1 aromatic heterocycles. The summed E-state index contributed by atoms with van der Waals surface area (Å²) in [5, 5.41) is 8.82. The van der Waals surface area contributed by atoms with Crippen molar-refractivity contribution in [2.75, 3.05) is 25.1 Å². The molecule has 0 radical (unpaired) electrons. The van der Waals surface area contributed by atoms with Crippen LogP contribution in [0.25, 0.3) is 0 Å². The highest BCUT2D eigenvalue weighted by molar-refractivity contribution is 5.95. The lowest BCUT2D eigenvalue weighted by Crippen LogP contribution is -2.37. The molecule has 0 unspecified atom stereocenters. The van der Waals surface area contributed by atoms with Gasteiger partial charge in [-0.1, -0.05) is 0 Å². The SMILES string of the molecule is Cc1cc(C(=O)N(CCO)CC(F)F)cc(NN)n1. The van der Waals surface area contributed by atoms with Crippen molar-refractivity contribution < 1.29 is 18.7 Å². The first-order chi connectivity index (χ1) is 8.97. The van der Waals surface area contributed by atoms with Crippen LogP contribution in [0, 0.1) is 6.92 Å². The van der Waals surface area contributed by atoms with Crippen molar-refractivity contribution in [3.05, 3.63) is 23.4 Å². The zero-order chi connectivity index (χ0) is 14.4. The summed E-state index contributed by atoms with van der Waals surface area (Å²) >= 11 is 0. The van der Waals surface area contributed by atoms with Gasteiger partial charge in [0.25, 0.3) is 12.3 Å². The summed E-state index contributed by atoms with van der Waals surface area (Å²) in [7, 11) is 0. The molecule has 4 N–H and O–H groups in total. The Morgan fingerprint density at radius 2 is 2.26 bits per heavy atom. The minimum absolute atomic E-state index is 0.157. The number of carbonyl (C=O) groups is 1. The Hall–Kier alpha value is -1.80. The molecule has 0 saturated heterocycles. The lowest BCUT2D eigenvalue weighted by Gasteiger charge is -2.21. The van der Waals surface area contributed by atoms with E-state index in [2.05, 4.69) is 10.4 Å². The largest absolute Gasteiger partial charge is 0.395 e. The third-order valence-corrected chi connectivity index (χ3v) is 2.36. The number of anilines is 1. The predicted octanol–water partition coefficient (Wildman–Crippen LogP) is 0.375. The molecule has 0 spiro atoms. The summed E-state index contributed by atoms with van der Waals surface area (Å²) < 4.78 is 24.8. The number of hydrogen-bond donors (Lipinski definition) is 3. The number of nitrogens with zero attached hydrogens (tertiary/aromatic N) is 2. The highest BCUT2D eigenvalue weighted by Crippen LogP contribution is 2.12.